The molecule has 0 aliphatic carbocycles. The Hall–Kier alpha value is -2.06. The maximum atomic E-state index is 11.8. The molecule has 2 heterocycles. The maximum absolute atomic E-state index is 11.8. The summed E-state index contributed by atoms with van der Waals surface area (Å²) in [5.74, 6) is 0.627. The van der Waals surface area contributed by atoms with Crippen LogP contribution in [0.4, 0.5) is 11.8 Å². The Morgan fingerprint density at radius 1 is 1.47 bits per heavy atom. The van der Waals surface area contributed by atoms with Gasteiger partial charge in [0.1, 0.15) is 10.9 Å². The van der Waals surface area contributed by atoms with Crippen LogP contribution in [0.2, 0.25) is 5.15 Å². The Morgan fingerprint density at radius 3 is 2.89 bits per heavy atom. The van der Waals surface area contributed by atoms with Gasteiger partial charge in [-0.25, -0.2) is 4.98 Å². The molecule has 0 saturated carbocycles. The van der Waals surface area contributed by atoms with Gasteiger partial charge >= 0.3 is 0 Å². The quantitative estimate of drug-likeness (QED) is 0.584. The molecule has 0 aliphatic heterocycles. The standard InChI is InChI=1S/C10H10ClN5O2S/c1-18-5-2-6(19-4-5)9(17)16-15-8-3-7(11)13-10(12)14-8/h2-4H,1H3,(H,16,17)(H3,12,13,14,15). The van der Waals surface area contributed by atoms with Crippen molar-refractivity contribution in [2.75, 3.05) is 18.3 Å². The van der Waals surface area contributed by atoms with E-state index in [0.29, 0.717) is 16.4 Å². The van der Waals surface area contributed by atoms with Gasteiger partial charge in [0, 0.05) is 17.5 Å². The molecule has 0 aliphatic rings. The molecule has 2 aromatic heterocycles. The maximum Gasteiger partial charge on any atom is 0.279 e. The van der Waals surface area contributed by atoms with Gasteiger partial charge in [-0.15, -0.1) is 11.3 Å². The minimum atomic E-state index is -0.318. The number of carbonyl (C=O) groups is 1. The number of methoxy groups -OCH3 is 1. The third-order valence-electron chi connectivity index (χ3n) is 2.05. The second kappa shape index (κ2) is 5.72. The van der Waals surface area contributed by atoms with E-state index in [2.05, 4.69) is 20.8 Å². The minimum absolute atomic E-state index is 0.0158. The van der Waals surface area contributed by atoms with Crippen molar-refractivity contribution in [1.82, 2.24) is 15.4 Å². The number of hydrazine groups is 1. The molecule has 7 nitrogen and oxygen atoms in total. The zero-order valence-electron chi connectivity index (χ0n) is 9.81. The number of hydrogen-bond acceptors (Lipinski definition) is 7. The van der Waals surface area contributed by atoms with Crippen molar-refractivity contribution >= 4 is 40.6 Å². The molecular formula is C10H10ClN5O2S. The largest absolute Gasteiger partial charge is 0.496 e. The molecule has 0 bridgehead atoms. The SMILES string of the molecule is COc1csc(C(=O)NNc2cc(Cl)nc(N)n2)c1. The molecule has 19 heavy (non-hydrogen) atoms. The number of rotatable bonds is 4. The van der Waals surface area contributed by atoms with Crippen LogP contribution in [0.5, 0.6) is 5.75 Å². The van der Waals surface area contributed by atoms with Gasteiger partial charge in [0.05, 0.1) is 12.0 Å². The number of carbonyl (C=O) groups excluding carboxylic acids is 1. The zero-order chi connectivity index (χ0) is 13.8. The lowest BCUT2D eigenvalue weighted by Crippen LogP contribution is -2.29. The second-order valence-corrected chi connectivity index (χ2v) is 4.66. The first-order valence-electron chi connectivity index (χ1n) is 5.07. The Balaban J connectivity index is 2.00. The minimum Gasteiger partial charge on any atom is -0.496 e. The van der Waals surface area contributed by atoms with E-state index in [1.54, 1.807) is 11.4 Å². The zero-order valence-corrected chi connectivity index (χ0v) is 11.4. The molecule has 0 spiro atoms. The van der Waals surface area contributed by atoms with E-state index < -0.39 is 0 Å². The summed E-state index contributed by atoms with van der Waals surface area (Å²) in [6.07, 6.45) is 0. The Kier molecular flexibility index (Phi) is 4.03. The summed E-state index contributed by atoms with van der Waals surface area (Å²) in [7, 11) is 1.54. The molecule has 0 saturated heterocycles. The first-order chi connectivity index (χ1) is 9.08. The number of nitrogens with two attached hydrogens (primary N) is 1. The van der Waals surface area contributed by atoms with Gasteiger partial charge < -0.3 is 10.5 Å². The Bertz CT molecular complexity index is 583. The predicted molar refractivity (Wildman–Crippen MR) is 73.4 cm³/mol. The highest BCUT2D eigenvalue weighted by Crippen LogP contribution is 2.20. The normalized spacial score (nSPS) is 10.0. The summed E-state index contributed by atoms with van der Waals surface area (Å²) in [6.45, 7) is 0. The van der Waals surface area contributed by atoms with Crippen LogP contribution in [-0.2, 0) is 0 Å². The molecule has 0 atom stereocenters. The number of ether oxygens (including phenoxy) is 1. The number of aromatic nitrogens is 2. The van der Waals surface area contributed by atoms with E-state index in [1.807, 2.05) is 0 Å². The predicted octanol–water partition coefficient (Wildman–Crippen LogP) is 1.54. The van der Waals surface area contributed by atoms with Gasteiger partial charge in [0.2, 0.25) is 5.95 Å². The highest BCUT2D eigenvalue weighted by atomic mass is 35.5. The van der Waals surface area contributed by atoms with E-state index >= 15 is 0 Å². The fourth-order valence-electron chi connectivity index (χ4n) is 1.23. The molecule has 0 radical (unpaired) electrons. The number of nitrogens with one attached hydrogen (secondary N) is 2. The number of amides is 1. The van der Waals surface area contributed by atoms with Crippen molar-refractivity contribution in [1.29, 1.82) is 0 Å². The van der Waals surface area contributed by atoms with E-state index in [-0.39, 0.29) is 17.0 Å². The van der Waals surface area contributed by atoms with Crippen LogP contribution < -0.4 is 21.3 Å². The highest BCUT2D eigenvalue weighted by molar-refractivity contribution is 7.12. The lowest BCUT2D eigenvalue weighted by atomic mass is 10.4. The fraction of sp³-hybridized carbons (Fsp3) is 0.100. The number of thiophene rings is 1. The molecule has 4 N–H and O–H groups in total. The molecule has 0 fully saturated rings. The van der Waals surface area contributed by atoms with Gasteiger partial charge in [0.15, 0.2) is 5.82 Å². The molecule has 1 amide bonds. The topological polar surface area (TPSA) is 102 Å². The van der Waals surface area contributed by atoms with E-state index in [1.165, 1.54) is 24.5 Å². The van der Waals surface area contributed by atoms with Gasteiger partial charge in [-0.2, -0.15) is 4.98 Å². The summed E-state index contributed by atoms with van der Waals surface area (Å²) in [5.41, 5.74) is 10.5. The van der Waals surface area contributed by atoms with Crippen molar-refractivity contribution < 1.29 is 9.53 Å². The van der Waals surface area contributed by atoms with E-state index in [9.17, 15) is 4.79 Å². The molecule has 100 valence electrons. The third kappa shape index (κ3) is 3.46. The highest BCUT2D eigenvalue weighted by Gasteiger charge is 2.09. The summed E-state index contributed by atoms with van der Waals surface area (Å²) in [5, 5.41) is 1.91. The van der Waals surface area contributed by atoms with Crippen molar-refractivity contribution in [3.63, 3.8) is 0 Å². The van der Waals surface area contributed by atoms with E-state index in [4.69, 9.17) is 22.1 Å². The number of anilines is 2. The molecule has 2 aromatic rings. The van der Waals surface area contributed by atoms with Crippen LogP contribution in [0.25, 0.3) is 0 Å². The fourth-order valence-corrected chi connectivity index (χ4v) is 2.17. The average Bonchev–Trinajstić information content (AvgIpc) is 2.83. The van der Waals surface area contributed by atoms with E-state index in [0.717, 1.165) is 0 Å². The van der Waals surface area contributed by atoms with Crippen molar-refractivity contribution in [3.8, 4) is 5.75 Å². The van der Waals surface area contributed by atoms with Gasteiger partial charge in [-0.05, 0) is 0 Å². The van der Waals surface area contributed by atoms with Crippen molar-refractivity contribution in [2.24, 2.45) is 0 Å². The van der Waals surface area contributed by atoms with Crippen LogP contribution >= 0.6 is 22.9 Å². The lowest BCUT2D eigenvalue weighted by molar-refractivity contribution is 0.0966. The number of hydrogen-bond donors (Lipinski definition) is 3. The van der Waals surface area contributed by atoms with Crippen molar-refractivity contribution in [2.45, 2.75) is 0 Å². The Labute approximate surface area is 117 Å². The molecule has 0 unspecified atom stereocenters. The van der Waals surface area contributed by atoms with Crippen LogP contribution in [0.1, 0.15) is 9.67 Å². The smallest absolute Gasteiger partial charge is 0.279 e. The first kappa shape index (κ1) is 13.4. The van der Waals surface area contributed by atoms with Gasteiger partial charge in [0.25, 0.3) is 5.91 Å². The number of nitrogen functional groups attached to an aromatic ring is 1. The van der Waals surface area contributed by atoms with Crippen LogP contribution in [0.3, 0.4) is 0 Å². The van der Waals surface area contributed by atoms with Gasteiger partial charge in [-0.1, -0.05) is 11.6 Å². The summed E-state index contributed by atoms with van der Waals surface area (Å²) in [6, 6.07) is 3.07. The summed E-state index contributed by atoms with van der Waals surface area (Å²) in [4.78, 5) is 19.8. The third-order valence-corrected chi connectivity index (χ3v) is 3.15. The van der Waals surface area contributed by atoms with Gasteiger partial charge in [-0.3, -0.25) is 15.6 Å². The van der Waals surface area contributed by atoms with Crippen molar-refractivity contribution in [3.05, 3.63) is 27.5 Å². The molecule has 9 heteroatoms. The summed E-state index contributed by atoms with van der Waals surface area (Å²) < 4.78 is 4.99. The van der Waals surface area contributed by atoms with Crippen LogP contribution in [0.15, 0.2) is 17.5 Å². The molecular weight excluding hydrogens is 290 g/mol. The molecule has 0 aromatic carbocycles. The van der Waals surface area contributed by atoms with Crippen LogP contribution in [0, 0.1) is 0 Å². The monoisotopic (exact) mass is 299 g/mol. The summed E-state index contributed by atoms with van der Waals surface area (Å²) >= 11 is 6.97. The average molecular weight is 300 g/mol. The van der Waals surface area contributed by atoms with Crippen LogP contribution in [-0.4, -0.2) is 23.0 Å². The number of nitrogens with zero attached hydrogens (tertiary/aromatic N) is 2. The Morgan fingerprint density at radius 2 is 2.26 bits per heavy atom. The first-order valence-corrected chi connectivity index (χ1v) is 6.33. The number of halogens is 1. The second-order valence-electron chi connectivity index (χ2n) is 3.36. The lowest BCUT2D eigenvalue weighted by Gasteiger charge is -2.07. The molecule has 2 rings (SSSR count).